The fraction of sp³-hybridized carbons (Fsp3) is 0.538. The second kappa shape index (κ2) is 4.99. The Balaban J connectivity index is 3.30. The largest absolute Gasteiger partial charge is 0.271 e. The number of rotatable bonds is 4. The monoisotopic (exact) mass is 270 g/mol. The molecule has 0 radical (unpaired) electrons. The Morgan fingerprint density at radius 1 is 1.22 bits per heavy atom. The second-order valence-electron chi connectivity index (χ2n) is 5.32. The average Bonchev–Trinajstić information content (AvgIpc) is 2.22. The molecule has 102 valence electrons. The molecule has 0 aliphatic rings. The van der Waals surface area contributed by atoms with Gasteiger partial charge in [-0.1, -0.05) is 18.2 Å². The molecule has 0 saturated heterocycles. The molecule has 1 unspecified atom stereocenters. The van der Waals surface area contributed by atoms with Gasteiger partial charge in [-0.15, -0.1) is 0 Å². The summed E-state index contributed by atoms with van der Waals surface area (Å²) in [6, 6.07) is 5.44. The van der Waals surface area contributed by atoms with Crippen molar-refractivity contribution in [2.45, 2.75) is 38.5 Å². The number of aryl methyl sites for hydroxylation is 2. The van der Waals surface area contributed by atoms with Gasteiger partial charge in [-0.3, -0.25) is 11.3 Å². The topological polar surface area (TPSA) is 72.2 Å². The van der Waals surface area contributed by atoms with Crippen LogP contribution >= 0.6 is 0 Å². The number of nitrogens with two attached hydrogens (primary N) is 1. The summed E-state index contributed by atoms with van der Waals surface area (Å²) in [7, 11) is -3.23. The molecule has 0 aromatic heterocycles. The standard InChI is InChI=1S/C13H22N2O2S/c1-9-6-7-11(8-10(9)2)12(15-14)13(3,4)18(5,16)17/h6-8,12,15H,14H2,1-5H3. The zero-order valence-electron chi connectivity index (χ0n) is 11.6. The Hall–Kier alpha value is -0.910. The van der Waals surface area contributed by atoms with E-state index in [2.05, 4.69) is 5.43 Å². The highest BCUT2D eigenvalue weighted by Gasteiger charge is 2.39. The minimum Gasteiger partial charge on any atom is -0.271 e. The van der Waals surface area contributed by atoms with E-state index in [1.807, 2.05) is 32.0 Å². The Labute approximate surface area is 109 Å². The molecule has 0 bridgehead atoms. The van der Waals surface area contributed by atoms with E-state index in [4.69, 9.17) is 5.84 Å². The fourth-order valence-electron chi connectivity index (χ4n) is 1.86. The summed E-state index contributed by atoms with van der Waals surface area (Å²) in [4.78, 5) is 0. The van der Waals surface area contributed by atoms with Crippen LogP contribution < -0.4 is 11.3 Å². The maximum absolute atomic E-state index is 11.9. The van der Waals surface area contributed by atoms with E-state index >= 15 is 0 Å². The molecule has 1 rings (SSSR count). The molecule has 0 spiro atoms. The highest BCUT2D eigenvalue weighted by Crippen LogP contribution is 2.32. The molecule has 0 saturated carbocycles. The summed E-state index contributed by atoms with van der Waals surface area (Å²) in [5.41, 5.74) is 5.81. The summed E-state index contributed by atoms with van der Waals surface area (Å²) in [6.07, 6.45) is 1.23. The van der Waals surface area contributed by atoms with Gasteiger partial charge >= 0.3 is 0 Å². The van der Waals surface area contributed by atoms with Crippen LogP contribution in [0.3, 0.4) is 0 Å². The van der Waals surface area contributed by atoms with Crippen molar-refractivity contribution in [2.75, 3.05) is 6.26 Å². The molecule has 0 heterocycles. The SMILES string of the molecule is Cc1ccc(C(NN)C(C)(C)S(C)(=O)=O)cc1C. The molecule has 0 aliphatic heterocycles. The highest BCUT2D eigenvalue weighted by molar-refractivity contribution is 7.92. The minimum atomic E-state index is -3.23. The van der Waals surface area contributed by atoms with Crippen LogP contribution in [0.2, 0.25) is 0 Å². The molecular formula is C13H22N2O2S. The van der Waals surface area contributed by atoms with Crippen LogP contribution in [-0.4, -0.2) is 19.4 Å². The summed E-state index contributed by atoms with van der Waals surface area (Å²) < 4.78 is 22.8. The summed E-state index contributed by atoms with van der Waals surface area (Å²) in [6.45, 7) is 7.38. The van der Waals surface area contributed by atoms with Gasteiger partial charge in [-0.25, -0.2) is 8.42 Å². The van der Waals surface area contributed by atoms with Gasteiger partial charge < -0.3 is 0 Å². The van der Waals surface area contributed by atoms with Crippen molar-refractivity contribution >= 4 is 9.84 Å². The maximum atomic E-state index is 11.9. The number of nitrogens with one attached hydrogen (secondary N) is 1. The Morgan fingerprint density at radius 3 is 2.17 bits per heavy atom. The van der Waals surface area contributed by atoms with Gasteiger partial charge in [0.25, 0.3) is 0 Å². The number of sulfone groups is 1. The van der Waals surface area contributed by atoms with Gasteiger partial charge in [0.15, 0.2) is 9.84 Å². The molecule has 1 aromatic rings. The van der Waals surface area contributed by atoms with E-state index in [1.54, 1.807) is 13.8 Å². The van der Waals surface area contributed by atoms with Crippen LogP contribution in [0, 0.1) is 13.8 Å². The van der Waals surface area contributed by atoms with Crippen LogP contribution in [0.15, 0.2) is 18.2 Å². The van der Waals surface area contributed by atoms with Crippen molar-refractivity contribution in [3.63, 3.8) is 0 Å². The first kappa shape index (κ1) is 15.1. The second-order valence-corrected chi connectivity index (χ2v) is 7.92. The molecule has 1 aromatic carbocycles. The van der Waals surface area contributed by atoms with E-state index in [0.717, 1.165) is 11.1 Å². The molecule has 0 amide bonds. The van der Waals surface area contributed by atoms with Crippen molar-refractivity contribution in [3.8, 4) is 0 Å². The lowest BCUT2D eigenvalue weighted by atomic mass is 9.93. The normalized spacial score (nSPS) is 14.6. The van der Waals surface area contributed by atoms with Crippen LogP contribution in [0.25, 0.3) is 0 Å². The first-order valence-corrected chi connectivity index (χ1v) is 7.73. The van der Waals surface area contributed by atoms with Gasteiger partial charge in [0.05, 0.1) is 10.8 Å². The number of hydrazine groups is 1. The summed E-state index contributed by atoms with van der Waals surface area (Å²) >= 11 is 0. The maximum Gasteiger partial charge on any atom is 0.154 e. The number of benzene rings is 1. The smallest absolute Gasteiger partial charge is 0.154 e. The predicted octanol–water partition coefficient (Wildman–Crippen LogP) is 1.63. The quantitative estimate of drug-likeness (QED) is 0.644. The molecule has 1 atom stereocenters. The summed E-state index contributed by atoms with van der Waals surface area (Å²) in [5, 5.41) is 0. The number of hydrogen-bond acceptors (Lipinski definition) is 4. The molecule has 0 fully saturated rings. The van der Waals surface area contributed by atoms with Gasteiger partial charge in [0, 0.05) is 6.26 Å². The lowest BCUT2D eigenvalue weighted by Crippen LogP contribution is -2.47. The van der Waals surface area contributed by atoms with Crippen LogP contribution in [0.4, 0.5) is 0 Å². The Bertz CT molecular complexity index is 536. The fourth-order valence-corrected chi connectivity index (χ4v) is 2.49. The van der Waals surface area contributed by atoms with Gasteiger partial charge in [0.2, 0.25) is 0 Å². The van der Waals surface area contributed by atoms with Gasteiger partial charge in [0.1, 0.15) is 0 Å². The molecule has 5 heteroatoms. The molecule has 4 nitrogen and oxygen atoms in total. The lowest BCUT2D eigenvalue weighted by molar-refractivity contribution is 0.427. The van der Waals surface area contributed by atoms with E-state index in [-0.39, 0.29) is 0 Å². The van der Waals surface area contributed by atoms with Crippen molar-refractivity contribution < 1.29 is 8.42 Å². The van der Waals surface area contributed by atoms with Crippen LogP contribution in [-0.2, 0) is 9.84 Å². The van der Waals surface area contributed by atoms with Crippen molar-refractivity contribution in [1.82, 2.24) is 5.43 Å². The third-order valence-corrected chi connectivity index (χ3v) is 5.83. The average molecular weight is 270 g/mol. The van der Waals surface area contributed by atoms with E-state index in [0.29, 0.717) is 0 Å². The molecule has 18 heavy (non-hydrogen) atoms. The molecule has 3 N–H and O–H groups in total. The van der Waals surface area contributed by atoms with E-state index in [9.17, 15) is 8.42 Å². The van der Waals surface area contributed by atoms with Crippen LogP contribution in [0.1, 0.15) is 36.6 Å². The Morgan fingerprint density at radius 2 is 1.78 bits per heavy atom. The molecule has 0 aliphatic carbocycles. The first-order chi connectivity index (χ1) is 8.11. The van der Waals surface area contributed by atoms with Crippen molar-refractivity contribution in [3.05, 3.63) is 34.9 Å². The number of hydrogen-bond donors (Lipinski definition) is 2. The highest BCUT2D eigenvalue weighted by atomic mass is 32.2. The first-order valence-electron chi connectivity index (χ1n) is 5.84. The third kappa shape index (κ3) is 2.74. The molecular weight excluding hydrogens is 248 g/mol. The van der Waals surface area contributed by atoms with Crippen LogP contribution in [0.5, 0.6) is 0 Å². The lowest BCUT2D eigenvalue weighted by Gasteiger charge is -2.32. The zero-order valence-corrected chi connectivity index (χ0v) is 12.4. The van der Waals surface area contributed by atoms with Crippen molar-refractivity contribution in [2.24, 2.45) is 5.84 Å². The third-order valence-electron chi connectivity index (χ3n) is 3.68. The van der Waals surface area contributed by atoms with Gasteiger partial charge in [-0.05, 0) is 44.4 Å². The predicted molar refractivity (Wildman–Crippen MR) is 74.9 cm³/mol. The minimum absolute atomic E-state index is 0.438. The van der Waals surface area contributed by atoms with Gasteiger partial charge in [-0.2, -0.15) is 0 Å². The Kier molecular flexibility index (Phi) is 4.20. The van der Waals surface area contributed by atoms with E-state index in [1.165, 1.54) is 11.8 Å². The van der Waals surface area contributed by atoms with Crippen molar-refractivity contribution in [1.29, 1.82) is 0 Å². The van der Waals surface area contributed by atoms with E-state index < -0.39 is 20.6 Å². The summed E-state index contributed by atoms with van der Waals surface area (Å²) in [5.74, 6) is 5.56. The zero-order chi connectivity index (χ0) is 14.1.